The molecule has 3 rings (SSSR count). The average molecular weight is 504 g/mol. The van der Waals surface area contributed by atoms with Crippen LogP contribution in [0.1, 0.15) is 16.7 Å². The van der Waals surface area contributed by atoms with Crippen LogP contribution < -0.4 is 20.2 Å². The Morgan fingerprint density at radius 3 is 2.53 bits per heavy atom. The highest BCUT2D eigenvalue weighted by Gasteiger charge is 2.13. The van der Waals surface area contributed by atoms with Crippen molar-refractivity contribution in [1.29, 1.82) is 0 Å². The van der Waals surface area contributed by atoms with Gasteiger partial charge >= 0.3 is 11.8 Å². The Balaban J connectivity index is 1.58. The van der Waals surface area contributed by atoms with Crippen LogP contribution in [-0.4, -0.2) is 25.1 Å². The number of nitrogens with zero attached hydrogens (tertiary/aromatic N) is 1. The molecule has 0 bridgehead atoms. The summed E-state index contributed by atoms with van der Waals surface area (Å²) in [5.41, 5.74) is 3.54. The molecule has 10 heteroatoms. The van der Waals surface area contributed by atoms with Gasteiger partial charge in [-0.2, -0.15) is 5.10 Å². The largest absolute Gasteiger partial charge is 0.497 e. The zero-order chi connectivity index (χ0) is 24.5. The summed E-state index contributed by atoms with van der Waals surface area (Å²) < 4.78 is 24.7. The fourth-order valence-corrected chi connectivity index (χ4v) is 3.19. The summed E-state index contributed by atoms with van der Waals surface area (Å²) in [4.78, 5) is 24.0. The molecule has 2 N–H and O–H groups in total. The van der Waals surface area contributed by atoms with Gasteiger partial charge in [0.05, 0.1) is 18.3 Å². The highest BCUT2D eigenvalue weighted by atomic mass is 35.5. The van der Waals surface area contributed by atoms with Crippen molar-refractivity contribution in [3.8, 4) is 11.5 Å². The van der Waals surface area contributed by atoms with Gasteiger partial charge in [0, 0.05) is 22.7 Å². The smallest absolute Gasteiger partial charge is 0.329 e. The monoisotopic (exact) mass is 503 g/mol. The number of carbonyl (C=O) groups excluding carboxylic acids is 2. The van der Waals surface area contributed by atoms with Crippen LogP contribution >= 0.6 is 23.2 Å². The maximum absolute atomic E-state index is 14.0. The molecule has 0 aliphatic rings. The molecule has 0 radical (unpaired) electrons. The van der Waals surface area contributed by atoms with E-state index in [9.17, 15) is 14.0 Å². The predicted octanol–water partition coefficient (Wildman–Crippen LogP) is 4.49. The summed E-state index contributed by atoms with van der Waals surface area (Å²) in [6.07, 6.45) is 1.26. The number of hydrogen-bond donors (Lipinski definition) is 2. The molecule has 0 aliphatic heterocycles. The Morgan fingerprint density at radius 1 is 1.06 bits per heavy atom. The van der Waals surface area contributed by atoms with Gasteiger partial charge in [-0.15, -0.1) is 0 Å². The van der Waals surface area contributed by atoms with E-state index in [-0.39, 0.29) is 23.7 Å². The Labute approximate surface area is 205 Å². The third kappa shape index (κ3) is 6.94. The average Bonchev–Trinajstić information content (AvgIpc) is 2.83. The lowest BCUT2D eigenvalue weighted by molar-refractivity contribution is -0.139. The molecule has 0 aliphatic carbocycles. The zero-order valence-electron chi connectivity index (χ0n) is 18.0. The standard InChI is InChI=1S/C24H20Cl2FN3O4/c1-33-18-8-5-15(6-9-18)12-28-23(31)24(32)30-29-13-16-11-17(25)7-10-22(16)34-14-19-20(26)3-2-4-21(19)27/h2-11,13H,12,14H2,1H3,(H,28,31)(H,30,32)/b29-13-. The lowest BCUT2D eigenvalue weighted by atomic mass is 10.2. The van der Waals surface area contributed by atoms with E-state index in [1.165, 1.54) is 18.3 Å². The van der Waals surface area contributed by atoms with Crippen molar-refractivity contribution in [2.24, 2.45) is 5.10 Å². The summed E-state index contributed by atoms with van der Waals surface area (Å²) in [6.45, 7) is 0.0267. The topological polar surface area (TPSA) is 89.0 Å². The van der Waals surface area contributed by atoms with E-state index in [0.717, 1.165) is 5.56 Å². The van der Waals surface area contributed by atoms with Crippen LogP contribution in [0.15, 0.2) is 65.8 Å². The molecule has 34 heavy (non-hydrogen) atoms. The van der Waals surface area contributed by atoms with Gasteiger partial charge in [0.1, 0.15) is 23.9 Å². The van der Waals surface area contributed by atoms with Gasteiger partial charge in [-0.05, 0) is 48.0 Å². The Morgan fingerprint density at radius 2 is 1.82 bits per heavy atom. The minimum Gasteiger partial charge on any atom is -0.497 e. The highest BCUT2D eigenvalue weighted by Crippen LogP contribution is 2.25. The molecular formula is C24H20Cl2FN3O4. The number of ether oxygens (including phenoxy) is 2. The first kappa shape index (κ1) is 25.0. The number of hydrogen-bond acceptors (Lipinski definition) is 5. The van der Waals surface area contributed by atoms with Gasteiger partial charge in [-0.1, -0.05) is 41.4 Å². The van der Waals surface area contributed by atoms with E-state index < -0.39 is 17.6 Å². The first-order chi connectivity index (χ1) is 16.4. The van der Waals surface area contributed by atoms with Crippen molar-refractivity contribution in [2.45, 2.75) is 13.2 Å². The molecule has 0 saturated heterocycles. The normalized spacial score (nSPS) is 10.7. The van der Waals surface area contributed by atoms with Gasteiger partial charge in [-0.25, -0.2) is 9.82 Å². The molecule has 3 aromatic rings. The molecule has 0 atom stereocenters. The molecule has 0 unspecified atom stereocenters. The van der Waals surface area contributed by atoms with E-state index in [1.54, 1.807) is 55.6 Å². The molecule has 7 nitrogen and oxygen atoms in total. The van der Waals surface area contributed by atoms with E-state index in [1.807, 2.05) is 0 Å². The van der Waals surface area contributed by atoms with Crippen LogP contribution in [0.25, 0.3) is 0 Å². The molecule has 0 spiro atoms. The third-order valence-corrected chi connectivity index (χ3v) is 5.18. The molecule has 176 valence electrons. The Hall–Kier alpha value is -3.62. The second kappa shape index (κ2) is 12.0. The molecule has 0 fully saturated rings. The molecule has 2 amide bonds. The van der Waals surface area contributed by atoms with E-state index in [0.29, 0.717) is 22.1 Å². The summed E-state index contributed by atoms with van der Waals surface area (Å²) in [6, 6.07) is 16.1. The quantitative estimate of drug-likeness (QED) is 0.269. The SMILES string of the molecule is COc1ccc(CNC(=O)C(=O)N/N=C\c2cc(Cl)ccc2OCc2c(F)cccc2Cl)cc1. The molecule has 3 aromatic carbocycles. The number of hydrazone groups is 1. The van der Waals surface area contributed by atoms with Gasteiger partial charge in [0.25, 0.3) is 0 Å². The molecule has 0 heterocycles. The van der Waals surface area contributed by atoms with Crippen LogP contribution in [0.5, 0.6) is 11.5 Å². The van der Waals surface area contributed by atoms with Crippen LogP contribution in [0.2, 0.25) is 10.0 Å². The first-order valence-electron chi connectivity index (χ1n) is 9.96. The van der Waals surface area contributed by atoms with Crippen molar-refractivity contribution in [1.82, 2.24) is 10.7 Å². The van der Waals surface area contributed by atoms with Gasteiger partial charge in [0.2, 0.25) is 0 Å². The van der Waals surface area contributed by atoms with Crippen LogP contribution in [0.4, 0.5) is 4.39 Å². The lowest BCUT2D eigenvalue weighted by Gasteiger charge is -2.11. The summed E-state index contributed by atoms with van der Waals surface area (Å²) in [7, 11) is 1.55. The van der Waals surface area contributed by atoms with E-state index in [2.05, 4.69) is 15.8 Å². The van der Waals surface area contributed by atoms with Crippen molar-refractivity contribution >= 4 is 41.2 Å². The molecule has 0 aromatic heterocycles. The van der Waals surface area contributed by atoms with Crippen LogP contribution in [0, 0.1) is 5.82 Å². The van der Waals surface area contributed by atoms with Crippen molar-refractivity contribution in [2.75, 3.05) is 7.11 Å². The maximum atomic E-state index is 14.0. The fraction of sp³-hybridized carbons (Fsp3) is 0.125. The second-order valence-corrected chi connectivity index (χ2v) is 7.74. The fourth-order valence-electron chi connectivity index (χ4n) is 2.79. The van der Waals surface area contributed by atoms with Gasteiger partial charge in [0.15, 0.2) is 0 Å². The number of amides is 2. The third-order valence-electron chi connectivity index (χ3n) is 4.59. The van der Waals surface area contributed by atoms with Gasteiger partial charge < -0.3 is 14.8 Å². The maximum Gasteiger partial charge on any atom is 0.329 e. The van der Waals surface area contributed by atoms with E-state index >= 15 is 0 Å². The summed E-state index contributed by atoms with van der Waals surface area (Å²) >= 11 is 12.1. The number of halogens is 3. The zero-order valence-corrected chi connectivity index (χ0v) is 19.5. The highest BCUT2D eigenvalue weighted by molar-refractivity contribution is 6.35. The van der Waals surface area contributed by atoms with Crippen molar-refractivity contribution in [3.63, 3.8) is 0 Å². The number of nitrogens with one attached hydrogen (secondary N) is 2. The first-order valence-corrected chi connectivity index (χ1v) is 10.7. The van der Waals surface area contributed by atoms with Crippen molar-refractivity contribution < 1.29 is 23.5 Å². The van der Waals surface area contributed by atoms with E-state index in [4.69, 9.17) is 32.7 Å². The van der Waals surface area contributed by atoms with Crippen LogP contribution in [0.3, 0.4) is 0 Å². The second-order valence-electron chi connectivity index (χ2n) is 6.90. The molecule has 0 saturated carbocycles. The number of rotatable bonds is 8. The summed E-state index contributed by atoms with van der Waals surface area (Å²) in [5, 5.41) is 6.91. The number of benzene rings is 3. The molecular weight excluding hydrogens is 484 g/mol. The van der Waals surface area contributed by atoms with Gasteiger partial charge in [-0.3, -0.25) is 9.59 Å². The predicted molar refractivity (Wildman–Crippen MR) is 128 cm³/mol. The minimum atomic E-state index is -0.951. The van der Waals surface area contributed by atoms with Crippen molar-refractivity contribution in [3.05, 3.63) is 93.2 Å². The number of carbonyl (C=O) groups is 2. The Bertz CT molecular complexity index is 1180. The summed E-state index contributed by atoms with van der Waals surface area (Å²) in [5.74, 6) is -1.30. The Kier molecular flexibility index (Phi) is 8.84. The number of methoxy groups -OCH3 is 1. The lowest BCUT2D eigenvalue weighted by Crippen LogP contribution is -2.37. The minimum absolute atomic E-state index is 0.131. The van der Waals surface area contributed by atoms with Crippen LogP contribution in [-0.2, 0) is 22.7 Å².